The standard InChI is InChI=1S/C21H21N5O2/c1-3-16-17(12-22)20(26-25-18(16)4-2)23-13-14-7-9-15(10-8-14)24-21(27)19-6-5-11-28-19/h5-11H,3-4,13H2,1-2H3,(H,23,26)(H,24,27). The van der Waals surface area contributed by atoms with Gasteiger partial charge in [0.1, 0.15) is 11.6 Å². The zero-order chi connectivity index (χ0) is 19.9. The minimum atomic E-state index is -0.298. The lowest BCUT2D eigenvalue weighted by atomic mass is 10.0. The molecule has 142 valence electrons. The number of nitrogens with zero attached hydrogens (tertiary/aromatic N) is 3. The van der Waals surface area contributed by atoms with Crippen LogP contribution in [0.15, 0.2) is 47.1 Å². The van der Waals surface area contributed by atoms with E-state index in [-0.39, 0.29) is 11.7 Å². The van der Waals surface area contributed by atoms with Crippen molar-refractivity contribution < 1.29 is 9.21 Å². The highest BCUT2D eigenvalue weighted by molar-refractivity contribution is 6.02. The topological polar surface area (TPSA) is 104 Å². The summed E-state index contributed by atoms with van der Waals surface area (Å²) >= 11 is 0. The summed E-state index contributed by atoms with van der Waals surface area (Å²) in [7, 11) is 0. The molecule has 3 aromatic rings. The Hall–Kier alpha value is -3.66. The van der Waals surface area contributed by atoms with Gasteiger partial charge in [-0.05, 0) is 48.2 Å². The number of nitrogens with one attached hydrogen (secondary N) is 2. The first-order chi connectivity index (χ1) is 13.7. The fourth-order valence-corrected chi connectivity index (χ4v) is 2.91. The number of furan rings is 1. The predicted molar refractivity (Wildman–Crippen MR) is 106 cm³/mol. The van der Waals surface area contributed by atoms with E-state index in [2.05, 4.69) is 26.9 Å². The van der Waals surface area contributed by atoms with Crippen molar-refractivity contribution >= 4 is 17.4 Å². The van der Waals surface area contributed by atoms with Gasteiger partial charge in [-0.3, -0.25) is 4.79 Å². The van der Waals surface area contributed by atoms with E-state index in [1.165, 1.54) is 6.26 Å². The second-order valence-corrected chi connectivity index (χ2v) is 6.15. The van der Waals surface area contributed by atoms with Gasteiger partial charge in [0.2, 0.25) is 0 Å². The minimum absolute atomic E-state index is 0.260. The third-order valence-corrected chi connectivity index (χ3v) is 4.37. The van der Waals surface area contributed by atoms with Gasteiger partial charge in [-0.1, -0.05) is 26.0 Å². The van der Waals surface area contributed by atoms with Gasteiger partial charge in [0.25, 0.3) is 5.91 Å². The molecule has 0 bridgehead atoms. The van der Waals surface area contributed by atoms with E-state index in [1.807, 2.05) is 38.1 Å². The SMILES string of the molecule is CCc1nnc(NCc2ccc(NC(=O)c3ccco3)cc2)c(C#N)c1CC. The molecule has 0 radical (unpaired) electrons. The summed E-state index contributed by atoms with van der Waals surface area (Å²) in [5.74, 6) is 0.454. The van der Waals surface area contributed by atoms with E-state index < -0.39 is 0 Å². The molecule has 0 aliphatic heterocycles. The summed E-state index contributed by atoms with van der Waals surface area (Å²) in [5.41, 5.74) is 4.01. The number of hydrogen-bond acceptors (Lipinski definition) is 6. The maximum absolute atomic E-state index is 12.0. The number of nitriles is 1. The maximum Gasteiger partial charge on any atom is 0.291 e. The lowest BCUT2D eigenvalue weighted by Gasteiger charge is -2.12. The molecule has 28 heavy (non-hydrogen) atoms. The van der Waals surface area contributed by atoms with E-state index in [0.717, 1.165) is 29.7 Å². The molecule has 2 heterocycles. The molecular weight excluding hydrogens is 354 g/mol. The first-order valence-corrected chi connectivity index (χ1v) is 9.12. The van der Waals surface area contributed by atoms with Gasteiger partial charge in [0.05, 0.1) is 12.0 Å². The van der Waals surface area contributed by atoms with Crippen molar-refractivity contribution in [1.29, 1.82) is 5.26 Å². The fourth-order valence-electron chi connectivity index (χ4n) is 2.91. The molecule has 1 amide bonds. The number of amides is 1. The molecule has 0 unspecified atom stereocenters. The van der Waals surface area contributed by atoms with Gasteiger partial charge >= 0.3 is 0 Å². The van der Waals surface area contributed by atoms with Crippen LogP contribution in [0.2, 0.25) is 0 Å². The Morgan fingerprint density at radius 1 is 1.14 bits per heavy atom. The smallest absolute Gasteiger partial charge is 0.291 e. The molecule has 7 heteroatoms. The Labute approximate surface area is 163 Å². The van der Waals surface area contributed by atoms with Gasteiger partial charge in [0.15, 0.2) is 11.6 Å². The zero-order valence-electron chi connectivity index (χ0n) is 15.8. The highest BCUT2D eigenvalue weighted by atomic mass is 16.3. The van der Waals surface area contributed by atoms with E-state index in [9.17, 15) is 10.1 Å². The summed E-state index contributed by atoms with van der Waals surface area (Å²) in [6.45, 7) is 4.50. The summed E-state index contributed by atoms with van der Waals surface area (Å²) in [5, 5.41) is 23.9. The number of carbonyl (C=O) groups is 1. The van der Waals surface area contributed by atoms with E-state index in [0.29, 0.717) is 23.6 Å². The second kappa shape index (κ2) is 8.82. The largest absolute Gasteiger partial charge is 0.459 e. The molecular formula is C21H21N5O2. The number of carbonyl (C=O) groups excluding carboxylic acids is 1. The molecule has 0 spiro atoms. The van der Waals surface area contributed by atoms with E-state index >= 15 is 0 Å². The lowest BCUT2D eigenvalue weighted by molar-refractivity contribution is 0.0996. The van der Waals surface area contributed by atoms with Crippen LogP contribution >= 0.6 is 0 Å². The van der Waals surface area contributed by atoms with Crippen LogP contribution in [0.1, 0.15) is 46.8 Å². The summed E-state index contributed by atoms with van der Waals surface area (Å²) in [4.78, 5) is 12.0. The molecule has 2 aromatic heterocycles. The normalized spacial score (nSPS) is 10.3. The number of rotatable bonds is 7. The van der Waals surface area contributed by atoms with Crippen LogP contribution in [0.5, 0.6) is 0 Å². The first-order valence-electron chi connectivity index (χ1n) is 9.12. The van der Waals surface area contributed by atoms with Crippen LogP contribution in [0.4, 0.5) is 11.5 Å². The van der Waals surface area contributed by atoms with Crippen LogP contribution in [0.3, 0.4) is 0 Å². The van der Waals surface area contributed by atoms with Crippen molar-refractivity contribution in [2.24, 2.45) is 0 Å². The van der Waals surface area contributed by atoms with Crippen molar-refractivity contribution in [2.45, 2.75) is 33.2 Å². The van der Waals surface area contributed by atoms with Crippen LogP contribution in [0, 0.1) is 11.3 Å². The van der Waals surface area contributed by atoms with Crippen molar-refractivity contribution in [3.8, 4) is 6.07 Å². The summed E-state index contributed by atoms with van der Waals surface area (Å²) in [6, 6.07) is 12.9. The average molecular weight is 375 g/mol. The van der Waals surface area contributed by atoms with Crippen molar-refractivity contribution in [3.05, 3.63) is 70.8 Å². The van der Waals surface area contributed by atoms with Crippen LogP contribution in [-0.2, 0) is 19.4 Å². The lowest BCUT2D eigenvalue weighted by Crippen LogP contribution is -2.11. The van der Waals surface area contributed by atoms with Crippen LogP contribution in [0.25, 0.3) is 0 Å². The first kappa shape index (κ1) is 19.1. The predicted octanol–water partition coefficient (Wildman–Crippen LogP) is 3.93. The third-order valence-electron chi connectivity index (χ3n) is 4.37. The number of aromatic nitrogens is 2. The molecule has 1 aromatic carbocycles. The quantitative estimate of drug-likeness (QED) is 0.648. The molecule has 3 rings (SSSR count). The fraction of sp³-hybridized carbons (Fsp3) is 0.238. The molecule has 2 N–H and O–H groups in total. The number of aryl methyl sites for hydroxylation is 1. The number of anilines is 2. The van der Waals surface area contributed by atoms with Gasteiger partial charge < -0.3 is 15.1 Å². The average Bonchev–Trinajstić information content (AvgIpc) is 3.27. The van der Waals surface area contributed by atoms with Gasteiger partial charge in [-0.2, -0.15) is 10.4 Å². The monoisotopic (exact) mass is 375 g/mol. The van der Waals surface area contributed by atoms with E-state index in [1.54, 1.807) is 12.1 Å². The highest BCUT2D eigenvalue weighted by Gasteiger charge is 2.14. The molecule has 0 fully saturated rings. The zero-order valence-corrected chi connectivity index (χ0v) is 15.8. The highest BCUT2D eigenvalue weighted by Crippen LogP contribution is 2.21. The number of hydrogen-bond donors (Lipinski definition) is 2. The minimum Gasteiger partial charge on any atom is -0.459 e. The van der Waals surface area contributed by atoms with Crippen molar-refractivity contribution in [1.82, 2.24) is 10.2 Å². The van der Waals surface area contributed by atoms with Crippen molar-refractivity contribution in [2.75, 3.05) is 10.6 Å². The molecule has 7 nitrogen and oxygen atoms in total. The molecule has 0 aliphatic rings. The van der Waals surface area contributed by atoms with Crippen LogP contribution in [-0.4, -0.2) is 16.1 Å². The molecule has 0 aliphatic carbocycles. The Morgan fingerprint density at radius 2 is 1.93 bits per heavy atom. The van der Waals surface area contributed by atoms with Crippen molar-refractivity contribution in [3.63, 3.8) is 0 Å². The summed E-state index contributed by atoms with van der Waals surface area (Å²) < 4.78 is 5.07. The Kier molecular flexibility index (Phi) is 6.02. The van der Waals surface area contributed by atoms with Crippen LogP contribution < -0.4 is 10.6 Å². The maximum atomic E-state index is 12.0. The Bertz CT molecular complexity index is 989. The second-order valence-electron chi connectivity index (χ2n) is 6.15. The molecule has 0 atom stereocenters. The molecule has 0 saturated heterocycles. The Morgan fingerprint density at radius 3 is 2.54 bits per heavy atom. The van der Waals surface area contributed by atoms with Gasteiger partial charge in [0, 0.05) is 12.2 Å². The molecule has 0 saturated carbocycles. The summed E-state index contributed by atoms with van der Waals surface area (Å²) in [6.07, 6.45) is 2.94. The van der Waals surface area contributed by atoms with Gasteiger partial charge in [-0.15, -0.1) is 5.10 Å². The Balaban J connectivity index is 1.67. The third kappa shape index (κ3) is 4.18. The number of benzene rings is 1. The van der Waals surface area contributed by atoms with Gasteiger partial charge in [-0.25, -0.2) is 0 Å². The van der Waals surface area contributed by atoms with E-state index in [4.69, 9.17) is 4.42 Å².